The molecule has 0 atom stereocenters. The quantitative estimate of drug-likeness (QED) is 0.639. The third-order valence-corrected chi connectivity index (χ3v) is 4.19. The molecule has 0 unspecified atom stereocenters. The van der Waals surface area contributed by atoms with E-state index in [0.29, 0.717) is 23.8 Å². The van der Waals surface area contributed by atoms with Gasteiger partial charge in [-0.25, -0.2) is 4.79 Å². The Morgan fingerprint density at radius 1 is 1.48 bits per heavy atom. The van der Waals surface area contributed by atoms with Gasteiger partial charge in [0.25, 0.3) is 5.69 Å². The van der Waals surface area contributed by atoms with Crippen molar-refractivity contribution >= 4 is 17.4 Å². The van der Waals surface area contributed by atoms with Gasteiger partial charge in [0.2, 0.25) is 0 Å². The van der Waals surface area contributed by atoms with E-state index >= 15 is 0 Å². The van der Waals surface area contributed by atoms with Crippen LogP contribution in [0.1, 0.15) is 25.0 Å². The predicted octanol–water partition coefficient (Wildman–Crippen LogP) is 2.15. The molecule has 2 heterocycles. The van der Waals surface area contributed by atoms with Gasteiger partial charge in [-0.1, -0.05) is 0 Å². The molecule has 0 bridgehead atoms. The Kier molecular flexibility index (Phi) is 5.86. The summed E-state index contributed by atoms with van der Waals surface area (Å²) in [6.45, 7) is 4.37. The second-order valence-electron chi connectivity index (χ2n) is 6.00. The summed E-state index contributed by atoms with van der Waals surface area (Å²) >= 11 is 0. The molecule has 8 heteroatoms. The largest absolute Gasteiger partial charge is 0.338 e. The standard InChI is InChI=1S/C15H23N5O3/c1-11-14(20(22)23)9-13(10-17-11)18-15(21)16-6-3-12-4-7-19(2)8-5-12/h9-10,12H,3-8H2,1-2H3,(H2,16,18,21). The van der Waals surface area contributed by atoms with Crippen molar-refractivity contribution in [2.24, 2.45) is 5.92 Å². The molecule has 0 aromatic carbocycles. The van der Waals surface area contributed by atoms with Gasteiger partial charge in [0.05, 0.1) is 16.8 Å². The van der Waals surface area contributed by atoms with E-state index in [9.17, 15) is 14.9 Å². The Bertz CT molecular complexity index is 570. The molecule has 1 fully saturated rings. The minimum Gasteiger partial charge on any atom is -0.338 e. The molecule has 126 valence electrons. The molecule has 1 aliphatic rings. The molecular weight excluding hydrogens is 298 g/mol. The number of piperidine rings is 1. The number of aryl methyl sites for hydroxylation is 1. The number of hydrogen-bond acceptors (Lipinski definition) is 5. The summed E-state index contributed by atoms with van der Waals surface area (Å²) in [6.07, 6.45) is 4.69. The van der Waals surface area contributed by atoms with Gasteiger partial charge in [-0.05, 0) is 52.2 Å². The SMILES string of the molecule is Cc1ncc(NC(=O)NCCC2CCN(C)CC2)cc1[N+](=O)[O-]. The number of hydrogen-bond donors (Lipinski definition) is 2. The first-order valence-corrected chi connectivity index (χ1v) is 7.80. The Labute approximate surface area is 135 Å². The van der Waals surface area contributed by atoms with Crippen molar-refractivity contribution in [2.75, 3.05) is 32.0 Å². The lowest BCUT2D eigenvalue weighted by atomic mass is 9.94. The molecule has 1 aliphatic heterocycles. The van der Waals surface area contributed by atoms with E-state index < -0.39 is 4.92 Å². The van der Waals surface area contributed by atoms with E-state index in [2.05, 4.69) is 27.6 Å². The highest BCUT2D eigenvalue weighted by molar-refractivity contribution is 5.89. The second-order valence-corrected chi connectivity index (χ2v) is 6.00. The number of carbonyl (C=O) groups excluding carboxylic acids is 1. The first-order chi connectivity index (χ1) is 11.0. The molecule has 1 saturated heterocycles. The minimum absolute atomic E-state index is 0.103. The molecule has 2 amide bonds. The van der Waals surface area contributed by atoms with Crippen molar-refractivity contribution in [3.63, 3.8) is 0 Å². The van der Waals surface area contributed by atoms with Gasteiger partial charge in [0.1, 0.15) is 5.69 Å². The van der Waals surface area contributed by atoms with Crippen molar-refractivity contribution in [1.82, 2.24) is 15.2 Å². The first kappa shape index (κ1) is 17.1. The first-order valence-electron chi connectivity index (χ1n) is 7.80. The highest BCUT2D eigenvalue weighted by Gasteiger charge is 2.17. The summed E-state index contributed by atoms with van der Waals surface area (Å²) in [6, 6.07) is 0.955. The number of anilines is 1. The fraction of sp³-hybridized carbons (Fsp3) is 0.600. The molecule has 0 spiro atoms. The van der Waals surface area contributed by atoms with Crippen LogP contribution in [0.25, 0.3) is 0 Å². The predicted molar refractivity (Wildman–Crippen MR) is 87.5 cm³/mol. The van der Waals surface area contributed by atoms with Crippen LogP contribution < -0.4 is 10.6 Å². The summed E-state index contributed by atoms with van der Waals surface area (Å²) in [7, 11) is 2.12. The zero-order valence-corrected chi connectivity index (χ0v) is 13.5. The number of aromatic nitrogens is 1. The average molecular weight is 321 g/mol. The van der Waals surface area contributed by atoms with Crippen LogP contribution in [0.4, 0.5) is 16.2 Å². The van der Waals surface area contributed by atoms with Crippen molar-refractivity contribution < 1.29 is 9.72 Å². The number of nitro groups is 1. The number of amides is 2. The average Bonchev–Trinajstić information content (AvgIpc) is 2.51. The Hall–Kier alpha value is -2.22. The van der Waals surface area contributed by atoms with E-state index in [0.717, 1.165) is 32.4 Å². The maximum absolute atomic E-state index is 11.8. The molecule has 2 rings (SSSR count). The molecule has 2 N–H and O–H groups in total. The van der Waals surface area contributed by atoms with Crippen LogP contribution in [0.2, 0.25) is 0 Å². The van der Waals surface area contributed by atoms with Crippen LogP contribution in [-0.4, -0.2) is 47.5 Å². The lowest BCUT2D eigenvalue weighted by molar-refractivity contribution is -0.385. The smallest absolute Gasteiger partial charge is 0.319 e. The minimum atomic E-state index is -0.508. The maximum Gasteiger partial charge on any atom is 0.319 e. The molecule has 0 saturated carbocycles. The van der Waals surface area contributed by atoms with Gasteiger partial charge >= 0.3 is 6.03 Å². The van der Waals surface area contributed by atoms with Crippen LogP contribution in [0.3, 0.4) is 0 Å². The lowest BCUT2D eigenvalue weighted by Gasteiger charge is -2.28. The third kappa shape index (κ3) is 5.17. The van der Waals surface area contributed by atoms with Crippen LogP contribution in [0, 0.1) is 23.0 Å². The summed E-state index contributed by atoms with van der Waals surface area (Å²) in [4.78, 5) is 28.4. The molecule has 0 aliphatic carbocycles. The molecule has 1 aromatic heterocycles. The van der Waals surface area contributed by atoms with Gasteiger partial charge in [0, 0.05) is 12.6 Å². The van der Waals surface area contributed by atoms with Crippen molar-refractivity contribution in [1.29, 1.82) is 0 Å². The highest BCUT2D eigenvalue weighted by atomic mass is 16.6. The number of pyridine rings is 1. The number of nitrogens with one attached hydrogen (secondary N) is 2. The number of urea groups is 1. The fourth-order valence-electron chi connectivity index (χ4n) is 2.69. The van der Waals surface area contributed by atoms with Crippen molar-refractivity contribution in [3.05, 3.63) is 28.1 Å². The highest BCUT2D eigenvalue weighted by Crippen LogP contribution is 2.20. The third-order valence-electron chi connectivity index (χ3n) is 4.19. The van der Waals surface area contributed by atoms with Crippen LogP contribution in [-0.2, 0) is 0 Å². The van der Waals surface area contributed by atoms with Crippen molar-refractivity contribution in [2.45, 2.75) is 26.2 Å². The fourth-order valence-corrected chi connectivity index (χ4v) is 2.69. The normalized spacial score (nSPS) is 16.1. The van der Waals surface area contributed by atoms with Gasteiger partial charge < -0.3 is 15.5 Å². The van der Waals surface area contributed by atoms with Crippen LogP contribution in [0.15, 0.2) is 12.3 Å². The molecular formula is C15H23N5O3. The monoisotopic (exact) mass is 321 g/mol. The van der Waals surface area contributed by atoms with E-state index in [4.69, 9.17) is 0 Å². The van der Waals surface area contributed by atoms with Crippen LogP contribution >= 0.6 is 0 Å². The van der Waals surface area contributed by atoms with Gasteiger partial charge in [-0.3, -0.25) is 15.1 Å². The summed E-state index contributed by atoms with van der Waals surface area (Å²) in [5, 5.41) is 16.2. The van der Waals surface area contributed by atoms with Gasteiger partial charge in [-0.2, -0.15) is 0 Å². The van der Waals surface area contributed by atoms with Gasteiger partial charge in [0.15, 0.2) is 0 Å². The number of likely N-dealkylation sites (tertiary alicyclic amines) is 1. The second kappa shape index (κ2) is 7.87. The molecule has 23 heavy (non-hydrogen) atoms. The van der Waals surface area contributed by atoms with Crippen molar-refractivity contribution in [3.8, 4) is 0 Å². The Morgan fingerprint density at radius 2 is 2.17 bits per heavy atom. The zero-order chi connectivity index (χ0) is 16.8. The summed E-state index contributed by atoms with van der Waals surface area (Å²) < 4.78 is 0. The lowest BCUT2D eigenvalue weighted by Crippen LogP contribution is -2.34. The topological polar surface area (TPSA) is 100 Å². The maximum atomic E-state index is 11.8. The summed E-state index contributed by atoms with van der Waals surface area (Å²) in [5.74, 6) is 0.647. The van der Waals surface area contributed by atoms with E-state index in [1.54, 1.807) is 6.92 Å². The molecule has 0 radical (unpaired) electrons. The number of nitrogens with zero attached hydrogens (tertiary/aromatic N) is 3. The van der Waals surface area contributed by atoms with E-state index in [1.165, 1.54) is 12.3 Å². The summed E-state index contributed by atoms with van der Waals surface area (Å²) in [5.41, 5.74) is 0.538. The van der Waals surface area contributed by atoms with E-state index in [-0.39, 0.29) is 11.7 Å². The Balaban J connectivity index is 1.76. The number of carbonyl (C=O) groups is 1. The van der Waals surface area contributed by atoms with Crippen LogP contribution in [0.5, 0.6) is 0 Å². The van der Waals surface area contributed by atoms with Gasteiger partial charge in [-0.15, -0.1) is 0 Å². The molecule has 8 nitrogen and oxygen atoms in total. The Morgan fingerprint density at radius 3 is 2.83 bits per heavy atom. The van der Waals surface area contributed by atoms with E-state index in [1.807, 2.05) is 0 Å². The zero-order valence-electron chi connectivity index (χ0n) is 13.5. The number of rotatable bonds is 5. The molecule has 1 aromatic rings.